The van der Waals surface area contributed by atoms with Gasteiger partial charge in [0.1, 0.15) is 5.82 Å². The highest BCUT2D eigenvalue weighted by Gasteiger charge is 2.35. The summed E-state index contributed by atoms with van der Waals surface area (Å²) in [6.45, 7) is 0.247. The van der Waals surface area contributed by atoms with Crippen molar-refractivity contribution < 1.29 is 17.6 Å². The van der Waals surface area contributed by atoms with Crippen molar-refractivity contribution in [1.29, 1.82) is 0 Å². The topological polar surface area (TPSA) is 54.5 Å². The molecule has 0 bridgehead atoms. The molecule has 1 fully saturated rings. The molecular weight excluding hydrogens is 365 g/mol. The molecule has 1 atom stereocenters. The van der Waals surface area contributed by atoms with Gasteiger partial charge in [0.25, 0.3) is 5.91 Å². The summed E-state index contributed by atoms with van der Waals surface area (Å²) >= 11 is 6.01. The van der Waals surface area contributed by atoms with Crippen molar-refractivity contribution in [3.8, 4) is 0 Å². The van der Waals surface area contributed by atoms with Gasteiger partial charge in [-0.3, -0.25) is 4.79 Å². The van der Waals surface area contributed by atoms with Gasteiger partial charge >= 0.3 is 0 Å². The summed E-state index contributed by atoms with van der Waals surface area (Å²) in [7, 11) is -3.14. The number of hydrogen-bond acceptors (Lipinski definition) is 3. The summed E-state index contributed by atoms with van der Waals surface area (Å²) in [5, 5.41) is 0.547. The monoisotopic (exact) mass is 381 g/mol. The van der Waals surface area contributed by atoms with E-state index in [2.05, 4.69) is 0 Å². The van der Waals surface area contributed by atoms with Gasteiger partial charge in [-0.2, -0.15) is 0 Å². The van der Waals surface area contributed by atoms with Crippen LogP contribution in [0.1, 0.15) is 22.3 Å². The van der Waals surface area contributed by atoms with E-state index in [1.807, 2.05) is 6.07 Å². The van der Waals surface area contributed by atoms with Crippen molar-refractivity contribution in [3.63, 3.8) is 0 Å². The van der Waals surface area contributed by atoms with Gasteiger partial charge < -0.3 is 4.90 Å². The number of rotatable bonds is 4. The van der Waals surface area contributed by atoms with Crippen molar-refractivity contribution in [2.75, 3.05) is 11.5 Å². The van der Waals surface area contributed by atoms with E-state index in [-0.39, 0.29) is 24.0 Å². The maximum absolute atomic E-state index is 13.1. The fraction of sp³-hybridized carbons (Fsp3) is 0.278. The van der Waals surface area contributed by atoms with Crippen LogP contribution in [0.25, 0.3) is 0 Å². The van der Waals surface area contributed by atoms with E-state index in [4.69, 9.17) is 11.6 Å². The molecule has 2 aromatic rings. The lowest BCUT2D eigenvalue weighted by Crippen LogP contribution is -2.40. The summed E-state index contributed by atoms with van der Waals surface area (Å²) in [5.74, 6) is -0.732. The summed E-state index contributed by atoms with van der Waals surface area (Å²) in [6, 6.07) is 11.9. The Kier molecular flexibility index (Phi) is 5.11. The number of amides is 1. The fourth-order valence-electron chi connectivity index (χ4n) is 2.98. The maximum Gasteiger partial charge on any atom is 0.254 e. The van der Waals surface area contributed by atoms with Crippen LogP contribution >= 0.6 is 11.6 Å². The quantitative estimate of drug-likeness (QED) is 0.816. The molecule has 1 aliphatic rings. The molecular formula is C18H17ClFNO3S. The van der Waals surface area contributed by atoms with Crippen LogP contribution in [0.3, 0.4) is 0 Å². The minimum absolute atomic E-state index is 0.0551. The Morgan fingerprint density at radius 3 is 2.52 bits per heavy atom. The van der Waals surface area contributed by atoms with Crippen molar-refractivity contribution >= 4 is 27.3 Å². The Balaban J connectivity index is 1.91. The molecule has 1 unspecified atom stereocenters. The highest BCUT2D eigenvalue weighted by molar-refractivity contribution is 7.91. The van der Waals surface area contributed by atoms with Crippen molar-refractivity contribution in [2.45, 2.75) is 19.0 Å². The maximum atomic E-state index is 13.1. The van der Waals surface area contributed by atoms with Crippen LogP contribution in [-0.2, 0) is 16.4 Å². The Morgan fingerprint density at radius 1 is 1.20 bits per heavy atom. The molecule has 4 nitrogen and oxygen atoms in total. The zero-order valence-corrected chi connectivity index (χ0v) is 14.9. The number of sulfone groups is 1. The molecule has 2 aromatic carbocycles. The minimum atomic E-state index is -3.14. The third-order valence-electron chi connectivity index (χ3n) is 4.24. The average Bonchev–Trinajstić information content (AvgIpc) is 2.92. The summed E-state index contributed by atoms with van der Waals surface area (Å²) in [5.41, 5.74) is 1.14. The Bertz CT molecular complexity index is 883. The van der Waals surface area contributed by atoms with Gasteiger partial charge in [-0.1, -0.05) is 23.7 Å². The van der Waals surface area contributed by atoms with E-state index in [0.717, 1.165) is 5.56 Å². The van der Waals surface area contributed by atoms with Crippen LogP contribution in [-0.4, -0.2) is 36.8 Å². The number of nitrogens with zero attached hydrogens (tertiary/aromatic N) is 1. The average molecular weight is 382 g/mol. The first-order chi connectivity index (χ1) is 11.8. The molecule has 0 radical (unpaired) electrons. The van der Waals surface area contributed by atoms with E-state index in [1.165, 1.54) is 24.3 Å². The number of hydrogen-bond donors (Lipinski definition) is 0. The van der Waals surface area contributed by atoms with Crippen LogP contribution in [0, 0.1) is 5.82 Å². The molecule has 1 heterocycles. The SMILES string of the molecule is O=C(c1ccc(F)cc1)N(Cc1cccc(Cl)c1)C1CCS(=O)(=O)C1. The van der Waals surface area contributed by atoms with E-state index in [1.54, 1.807) is 23.1 Å². The van der Waals surface area contributed by atoms with Gasteiger partial charge in [0.15, 0.2) is 9.84 Å². The van der Waals surface area contributed by atoms with E-state index in [0.29, 0.717) is 17.0 Å². The van der Waals surface area contributed by atoms with Gasteiger partial charge in [0, 0.05) is 23.2 Å². The molecule has 0 N–H and O–H groups in total. The lowest BCUT2D eigenvalue weighted by molar-refractivity contribution is 0.0681. The molecule has 132 valence electrons. The molecule has 25 heavy (non-hydrogen) atoms. The number of halogens is 2. The van der Waals surface area contributed by atoms with Crippen LogP contribution < -0.4 is 0 Å². The molecule has 1 aliphatic heterocycles. The molecule has 0 aromatic heterocycles. The predicted octanol–water partition coefficient (Wildman–Crippen LogP) is 3.31. The molecule has 1 amide bonds. The Morgan fingerprint density at radius 2 is 1.92 bits per heavy atom. The highest BCUT2D eigenvalue weighted by atomic mass is 35.5. The van der Waals surface area contributed by atoms with E-state index in [9.17, 15) is 17.6 Å². The molecule has 0 spiro atoms. The first kappa shape index (κ1) is 17.9. The van der Waals surface area contributed by atoms with Gasteiger partial charge in [0.2, 0.25) is 0 Å². The summed E-state index contributed by atoms with van der Waals surface area (Å²) < 4.78 is 36.8. The lowest BCUT2D eigenvalue weighted by Gasteiger charge is -2.28. The van der Waals surface area contributed by atoms with E-state index < -0.39 is 21.7 Å². The summed E-state index contributed by atoms with van der Waals surface area (Å²) in [6.07, 6.45) is 0.399. The van der Waals surface area contributed by atoms with Crippen LogP contribution in [0.2, 0.25) is 5.02 Å². The largest absolute Gasteiger partial charge is 0.330 e. The van der Waals surface area contributed by atoms with Gasteiger partial charge in [-0.25, -0.2) is 12.8 Å². The Hall–Kier alpha value is -1.92. The Labute approximate surface area is 151 Å². The number of carbonyl (C=O) groups is 1. The predicted molar refractivity (Wildman–Crippen MR) is 94.8 cm³/mol. The standard InChI is InChI=1S/C18H17ClFNO3S/c19-15-3-1-2-13(10-15)11-21(17-8-9-25(23,24)12-17)18(22)14-4-6-16(20)7-5-14/h1-7,10,17H,8-9,11-12H2. The second-order valence-corrected chi connectivity index (χ2v) is 8.79. The smallest absolute Gasteiger partial charge is 0.254 e. The highest BCUT2D eigenvalue weighted by Crippen LogP contribution is 2.23. The number of benzene rings is 2. The molecule has 1 saturated heterocycles. The van der Waals surface area contributed by atoms with Crippen LogP contribution in [0.5, 0.6) is 0 Å². The fourth-order valence-corrected chi connectivity index (χ4v) is 4.92. The summed E-state index contributed by atoms with van der Waals surface area (Å²) in [4.78, 5) is 14.5. The van der Waals surface area contributed by atoms with Crippen LogP contribution in [0.15, 0.2) is 48.5 Å². The van der Waals surface area contributed by atoms with E-state index >= 15 is 0 Å². The van der Waals surface area contributed by atoms with Crippen molar-refractivity contribution in [1.82, 2.24) is 4.90 Å². The second kappa shape index (κ2) is 7.14. The van der Waals surface area contributed by atoms with Crippen molar-refractivity contribution in [3.05, 3.63) is 70.5 Å². The first-order valence-electron chi connectivity index (χ1n) is 7.85. The molecule has 7 heteroatoms. The normalized spacial score (nSPS) is 18.9. The first-order valence-corrected chi connectivity index (χ1v) is 10.1. The minimum Gasteiger partial charge on any atom is -0.330 e. The zero-order chi connectivity index (χ0) is 18.0. The zero-order valence-electron chi connectivity index (χ0n) is 13.4. The van der Waals surface area contributed by atoms with Gasteiger partial charge in [0.05, 0.1) is 11.5 Å². The third kappa shape index (κ3) is 4.38. The lowest BCUT2D eigenvalue weighted by atomic mass is 10.1. The van der Waals surface area contributed by atoms with Gasteiger partial charge in [-0.05, 0) is 48.4 Å². The number of carbonyl (C=O) groups excluding carboxylic acids is 1. The molecule has 3 rings (SSSR count). The van der Waals surface area contributed by atoms with Gasteiger partial charge in [-0.15, -0.1) is 0 Å². The van der Waals surface area contributed by atoms with Crippen LogP contribution in [0.4, 0.5) is 4.39 Å². The molecule has 0 saturated carbocycles. The second-order valence-electron chi connectivity index (χ2n) is 6.13. The van der Waals surface area contributed by atoms with Crippen molar-refractivity contribution in [2.24, 2.45) is 0 Å². The third-order valence-corrected chi connectivity index (χ3v) is 6.23. The molecule has 0 aliphatic carbocycles.